The fourth-order valence-electron chi connectivity index (χ4n) is 1.72. The van der Waals surface area contributed by atoms with E-state index in [1.807, 2.05) is 26.0 Å². The van der Waals surface area contributed by atoms with E-state index in [0.717, 1.165) is 11.4 Å². The van der Waals surface area contributed by atoms with Crippen LogP contribution in [0.15, 0.2) is 18.3 Å². The summed E-state index contributed by atoms with van der Waals surface area (Å²) in [5.74, 6) is 0.586. The van der Waals surface area contributed by atoms with Crippen LogP contribution in [0.25, 0.3) is 0 Å². The normalized spacial score (nSPS) is 10.4. The number of pyridine rings is 1. The highest BCUT2D eigenvalue weighted by molar-refractivity contribution is 7.17. The van der Waals surface area contributed by atoms with Crippen LogP contribution in [0.4, 0.5) is 10.9 Å². The quantitative estimate of drug-likeness (QED) is 0.801. The number of nitrogens with one attached hydrogen (secondary N) is 2. The second-order valence-electron chi connectivity index (χ2n) is 4.53. The topological polar surface area (TPSA) is 76.1 Å². The monoisotopic (exact) mass is 306 g/mol. The Morgan fingerprint density at radius 2 is 2.24 bits per heavy atom. The van der Waals surface area contributed by atoms with E-state index in [2.05, 4.69) is 20.6 Å². The molecule has 0 spiro atoms. The minimum Gasteiger partial charge on any atom is -0.383 e. The van der Waals surface area contributed by atoms with Gasteiger partial charge >= 0.3 is 0 Å². The number of aromatic nitrogens is 2. The van der Waals surface area contributed by atoms with Crippen molar-refractivity contribution in [2.45, 2.75) is 13.8 Å². The van der Waals surface area contributed by atoms with E-state index < -0.39 is 0 Å². The van der Waals surface area contributed by atoms with Crippen LogP contribution in [-0.4, -0.2) is 36.1 Å². The maximum absolute atomic E-state index is 12.0. The van der Waals surface area contributed by atoms with Gasteiger partial charge in [0.2, 0.25) is 0 Å². The molecule has 0 saturated carbocycles. The number of anilines is 2. The smallest absolute Gasteiger partial charge is 0.263 e. The summed E-state index contributed by atoms with van der Waals surface area (Å²) in [7, 11) is 1.60. The van der Waals surface area contributed by atoms with Crippen LogP contribution in [-0.2, 0) is 4.74 Å². The Kier molecular flexibility index (Phi) is 5.24. The number of thiazole rings is 1. The molecule has 6 nitrogen and oxygen atoms in total. The van der Waals surface area contributed by atoms with Gasteiger partial charge in [0.15, 0.2) is 5.13 Å². The lowest BCUT2D eigenvalue weighted by molar-refractivity contribution is 0.0940. The molecule has 21 heavy (non-hydrogen) atoms. The van der Waals surface area contributed by atoms with Crippen molar-refractivity contribution in [2.24, 2.45) is 0 Å². The first-order valence-electron chi connectivity index (χ1n) is 6.54. The lowest BCUT2D eigenvalue weighted by atomic mass is 10.3. The van der Waals surface area contributed by atoms with E-state index in [1.165, 1.54) is 11.3 Å². The Labute approximate surface area is 127 Å². The number of rotatable bonds is 6. The second-order valence-corrected chi connectivity index (χ2v) is 5.52. The van der Waals surface area contributed by atoms with Crippen molar-refractivity contribution in [3.63, 3.8) is 0 Å². The Morgan fingerprint density at radius 3 is 2.95 bits per heavy atom. The van der Waals surface area contributed by atoms with E-state index in [9.17, 15) is 4.79 Å². The van der Waals surface area contributed by atoms with Crippen LogP contribution >= 0.6 is 11.3 Å². The third kappa shape index (κ3) is 4.24. The zero-order chi connectivity index (χ0) is 15.2. The van der Waals surface area contributed by atoms with Crippen molar-refractivity contribution in [2.75, 3.05) is 25.6 Å². The summed E-state index contributed by atoms with van der Waals surface area (Å²) >= 11 is 1.31. The molecule has 0 aliphatic rings. The number of methoxy groups -OCH3 is 1. The number of amides is 1. The molecule has 1 amide bonds. The molecule has 7 heteroatoms. The third-order valence-corrected chi connectivity index (χ3v) is 3.82. The highest BCUT2D eigenvalue weighted by Crippen LogP contribution is 2.25. The standard InChI is InChI=1S/C14H18N4O2S/c1-9-4-5-15-11(8-9)18-14-17-10(2)12(21-14)13(19)16-6-7-20-3/h4-5,8H,6-7H2,1-3H3,(H,16,19)(H,15,17,18). The minimum absolute atomic E-state index is 0.132. The molecule has 2 aromatic rings. The van der Waals surface area contributed by atoms with E-state index in [1.54, 1.807) is 13.3 Å². The summed E-state index contributed by atoms with van der Waals surface area (Å²) in [5.41, 5.74) is 1.81. The van der Waals surface area contributed by atoms with Crippen LogP contribution < -0.4 is 10.6 Å². The van der Waals surface area contributed by atoms with Crippen molar-refractivity contribution in [3.8, 4) is 0 Å². The number of hydrogen-bond donors (Lipinski definition) is 2. The van der Waals surface area contributed by atoms with Gasteiger partial charge in [0.25, 0.3) is 5.91 Å². The molecule has 0 radical (unpaired) electrons. The first kappa shape index (κ1) is 15.4. The maximum Gasteiger partial charge on any atom is 0.263 e. The fraction of sp³-hybridized carbons (Fsp3) is 0.357. The van der Waals surface area contributed by atoms with Crippen molar-refractivity contribution in [3.05, 3.63) is 34.5 Å². The molecule has 0 unspecified atom stereocenters. The summed E-state index contributed by atoms with van der Waals surface area (Å²) in [6, 6.07) is 3.85. The van der Waals surface area contributed by atoms with Gasteiger partial charge in [-0.15, -0.1) is 0 Å². The molecule has 0 aromatic carbocycles. The molecule has 0 fully saturated rings. The first-order valence-corrected chi connectivity index (χ1v) is 7.36. The number of ether oxygens (including phenoxy) is 1. The van der Waals surface area contributed by atoms with E-state index in [0.29, 0.717) is 28.9 Å². The molecule has 112 valence electrons. The number of carbonyl (C=O) groups is 1. The third-order valence-electron chi connectivity index (χ3n) is 2.75. The van der Waals surface area contributed by atoms with Gasteiger partial charge in [-0.3, -0.25) is 4.79 Å². The van der Waals surface area contributed by atoms with E-state index in [4.69, 9.17) is 4.74 Å². The predicted molar refractivity (Wildman–Crippen MR) is 83.3 cm³/mol. The van der Waals surface area contributed by atoms with Crippen LogP contribution in [0.5, 0.6) is 0 Å². The predicted octanol–water partition coefficient (Wildman–Crippen LogP) is 2.27. The van der Waals surface area contributed by atoms with E-state index in [-0.39, 0.29) is 5.91 Å². The van der Waals surface area contributed by atoms with Gasteiger partial charge < -0.3 is 15.4 Å². The highest BCUT2D eigenvalue weighted by Gasteiger charge is 2.15. The average molecular weight is 306 g/mol. The highest BCUT2D eigenvalue weighted by atomic mass is 32.1. The SMILES string of the molecule is COCCNC(=O)c1sc(Nc2cc(C)ccn2)nc1C. The summed E-state index contributed by atoms with van der Waals surface area (Å²) in [4.78, 5) is 21.2. The molecule has 2 rings (SSSR count). The first-order chi connectivity index (χ1) is 10.1. The number of carbonyl (C=O) groups excluding carboxylic acids is 1. The summed E-state index contributed by atoms with van der Waals surface area (Å²) in [6.45, 7) is 4.78. The van der Waals surface area contributed by atoms with Crippen molar-refractivity contribution in [1.82, 2.24) is 15.3 Å². The van der Waals surface area contributed by atoms with Crippen molar-refractivity contribution >= 4 is 28.2 Å². The Balaban J connectivity index is 2.06. The van der Waals surface area contributed by atoms with Crippen LogP contribution in [0.3, 0.4) is 0 Å². The van der Waals surface area contributed by atoms with Gasteiger partial charge in [-0.05, 0) is 31.5 Å². The van der Waals surface area contributed by atoms with E-state index >= 15 is 0 Å². The molecule has 0 saturated heterocycles. The van der Waals surface area contributed by atoms with Gasteiger partial charge in [-0.1, -0.05) is 11.3 Å². The number of aryl methyl sites for hydroxylation is 2. The summed E-state index contributed by atoms with van der Waals surface area (Å²) in [5, 5.41) is 6.56. The average Bonchev–Trinajstić information content (AvgIpc) is 2.80. The fourth-order valence-corrected chi connectivity index (χ4v) is 2.61. The van der Waals surface area contributed by atoms with Gasteiger partial charge in [0.1, 0.15) is 10.7 Å². The Hall–Kier alpha value is -1.99. The molecule has 0 bridgehead atoms. The van der Waals surface area contributed by atoms with Crippen molar-refractivity contribution in [1.29, 1.82) is 0 Å². The molecule has 0 aliphatic heterocycles. The molecular weight excluding hydrogens is 288 g/mol. The van der Waals surface area contributed by atoms with Crippen molar-refractivity contribution < 1.29 is 9.53 Å². The summed E-state index contributed by atoms with van der Waals surface area (Å²) < 4.78 is 4.91. The van der Waals surface area contributed by atoms with Gasteiger partial charge in [0.05, 0.1) is 12.3 Å². The maximum atomic E-state index is 12.0. The summed E-state index contributed by atoms with van der Waals surface area (Å²) in [6.07, 6.45) is 1.73. The molecular formula is C14H18N4O2S. The molecule has 0 aliphatic carbocycles. The van der Waals surface area contributed by atoms with Gasteiger partial charge in [0, 0.05) is 19.9 Å². The second kappa shape index (κ2) is 7.14. The lowest BCUT2D eigenvalue weighted by Crippen LogP contribution is -2.26. The Morgan fingerprint density at radius 1 is 1.43 bits per heavy atom. The number of hydrogen-bond acceptors (Lipinski definition) is 6. The molecule has 0 atom stereocenters. The minimum atomic E-state index is -0.132. The van der Waals surface area contributed by atoms with Gasteiger partial charge in [-0.2, -0.15) is 0 Å². The molecule has 2 heterocycles. The number of nitrogens with zero attached hydrogens (tertiary/aromatic N) is 2. The van der Waals surface area contributed by atoms with Crippen LogP contribution in [0.2, 0.25) is 0 Å². The van der Waals surface area contributed by atoms with Gasteiger partial charge in [-0.25, -0.2) is 9.97 Å². The Bertz CT molecular complexity index is 627. The molecule has 2 N–H and O–H groups in total. The zero-order valence-corrected chi connectivity index (χ0v) is 13.1. The van der Waals surface area contributed by atoms with Crippen LogP contribution in [0.1, 0.15) is 20.9 Å². The lowest BCUT2D eigenvalue weighted by Gasteiger charge is -2.02. The molecule has 2 aromatic heterocycles. The van der Waals surface area contributed by atoms with Crippen LogP contribution in [0, 0.1) is 13.8 Å². The zero-order valence-electron chi connectivity index (χ0n) is 12.3. The largest absolute Gasteiger partial charge is 0.383 e.